The van der Waals surface area contributed by atoms with Crippen molar-refractivity contribution in [2.45, 2.75) is 102 Å². The van der Waals surface area contributed by atoms with Crippen molar-refractivity contribution < 1.29 is 19.8 Å². The van der Waals surface area contributed by atoms with Crippen LogP contribution in [0.3, 0.4) is 0 Å². The molecule has 0 heterocycles. The first-order valence-electron chi connectivity index (χ1n) is 9.85. The molecule has 0 rings (SSSR count). The molecule has 0 aliphatic rings. The van der Waals surface area contributed by atoms with Gasteiger partial charge in [0.2, 0.25) is 0 Å². The zero-order chi connectivity index (χ0) is 20.5. The van der Waals surface area contributed by atoms with Gasteiger partial charge in [-0.1, -0.05) is 79.1 Å². The Morgan fingerprint density at radius 3 is 1.11 bits per heavy atom. The van der Waals surface area contributed by atoms with Gasteiger partial charge in [0.1, 0.15) is 0 Å². The molecule has 7 heteroatoms. The van der Waals surface area contributed by atoms with Crippen LogP contribution in [0.5, 0.6) is 0 Å². The van der Waals surface area contributed by atoms with Gasteiger partial charge in [0, 0.05) is 10.5 Å². The van der Waals surface area contributed by atoms with Gasteiger partial charge in [-0.05, 0) is 24.7 Å². The van der Waals surface area contributed by atoms with E-state index in [9.17, 15) is 19.8 Å². The van der Waals surface area contributed by atoms with E-state index in [1.165, 1.54) is 25.7 Å². The standard InChI is InChI=1S/2C10H20O2S.Ba/c2*1-8(2)6-4-3-5-7-9(13)10(11)12;/h2*8-9,13H,3-7H2,1-2H3,(H,11,12);/q;;+2/p-2. The quantitative estimate of drug-likeness (QED) is 0.201. The number of hydrogen-bond donors (Lipinski definition) is 2. The average molecular weight is 544 g/mol. The summed E-state index contributed by atoms with van der Waals surface area (Å²) < 4.78 is 0. The second kappa shape index (κ2) is 21.9. The molecule has 0 bridgehead atoms. The number of carbonyl (C=O) groups excluding carboxylic acids is 2. The van der Waals surface area contributed by atoms with Crippen LogP contribution in [0.4, 0.5) is 0 Å². The van der Waals surface area contributed by atoms with E-state index < -0.39 is 22.4 Å². The molecule has 0 aliphatic heterocycles. The van der Waals surface area contributed by atoms with Crippen LogP contribution in [0, 0.1) is 11.8 Å². The molecule has 2 unspecified atom stereocenters. The van der Waals surface area contributed by atoms with Gasteiger partial charge >= 0.3 is 48.9 Å². The van der Waals surface area contributed by atoms with Crippen molar-refractivity contribution in [3.05, 3.63) is 0 Å². The van der Waals surface area contributed by atoms with E-state index in [2.05, 4.69) is 53.0 Å². The fraction of sp³-hybridized carbons (Fsp3) is 0.900. The topological polar surface area (TPSA) is 80.3 Å². The number of unbranched alkanes of at least 4 members (excludes halogenated alkanes) is 4. The van der Waals surface area contributed by atoms with Crippen molar-refractivity contribution in [2.24, 2.45) is 11.8 Å². The van der Waals surface area contributed by atoms with Crippen molar-refractivity contribution in [1.82, 2.24) is 0 Å². The molecule has 156 valence electrons. The molecule has 0 fully saturated rings. The number of aliphatic carboxylic acids is 2. The minimum Gasteiger partial charge on any atom is -0.549 e. The summed E-state index contributed by atoms with van der Waals surface area (Å²) in [6.07, 6.45) is 10.2. The first-order chi connectivity index (χ1) is 12.1. The van der Waals surface area contributed by atoms with Crippen LogP contribution in [0.2, 0.25) is 0 Å². The number of carboxylic acid groups (broad SMARTS) is 2. The smallest absolute Gasteiger partial charge is 0.549 e. The van der Waals surface area contributed by atoms with Gasteiger partial charge in [-0.3, -0.25) is 0 Å². The van der Waals surface area contributed by atoms with E-state index in [4.69, 9.17) is 0 Å². The molecule has 0 saturated heterocycles. The van der Waals surface area contributed by atoms with Gasteiger partial charge in [-0.25, -0.2) is 0 Å². The van der Waals surface area contributed by atoms with E-state index in [0.29, 0.717) is 12.8 Å². The second-order valence-electron chi connectivity index (χ2n) is 7.73. The molecule has 0 spiro atoms. The average Bonchev–Trinajstić information content (AvgIpc) is 2.53. The number of carboxylic acids is 2. The van der Waals surface area contributed by atoms with Crippen molar-refractivity contribution in [3.8, 4) is 0 Å². The van der Waals surface area contributed by atoms with E-state index in [1.54, 1.807) is 0 Å². The zero-order valence-electron chi connectivity index (χ0n) is 17.6. The molecular weight excluding hydrogens is 506 g/mol. The first-order valence-corrected chi connectivity index (χ1v) is 10.9. The maximum Gasteiger partial charge on any atom is 2.00 e. The molecule has 2 atom stereocenters. The molecule has 0 radical (unpaired) electrons. The summed E-state index contributed by atoms with van der Waals surface area (Å²) in [5.41, 5.74) is 0. The molecule has 27 heavy (non-hydrogen) atoms. The number of rotatable bonds is 14. The van der Waals surface area contributed by atoms with Gasteiger partial charge in [0.15, 0.2) is 0 Å². The Kier molecular flexibility index (Phi) is 26.7. The predicted molar refractivity (Wildman–Crippen MR) is 117 cm³/mol. The number of carbonyl (C=O) groups is 2. The van der Waals surface area contributed by atoms with Crippen LogP contribution in [0.1, 0.15) is 91.9 Å². The molecule has 0 aliphatic carbocycles. The third-order valence-corrected chi connectivity index (χ3v) is 5.00. The summed E-state index contributed by atoms with van der Waals surface area (Å²) in [5.74, 6) is -0.611. The van der Waals surface area contributed by atoms with Crippen molar-refractivity contribution in [2.75, 3.05) is 0 Å². The molecule has 0 aromatic carbocycles. The van der Waals surface area contributed by atoms with E-state index in [-0.39, 0.29) is 48.9 Å². The number of thiol groups is 2. The van der Waals surface area contributed by atoms with Crippen molar-refractivity contribution >= 4 is 86.1 Å². The summed E-state index contributed by atoms with van der Waals surface area (Å²) in [4.78, 5) is 20.6. The minimum atomic E-state index is -1.05. The van der Waals surface area contributed by atoms with E-state index in [0.717, 1.165) is 37.5 Å². The van der Waals surface area contributed by atoms with Crippen molar-refractivity contribution in [3.63, 3.8) is 0 Å². The molecule has 0 amide bonds. The predicted octanol–water partition coefficient (Wildman–Crippen LogP) is 2.90. The fourth-order valence-electron chi connectivity index (χ4n) is 2.37. The second-order valence-corrected chi connectivity index (χ2v) is 8.98. The number of hydrogen-bond acceptors (Lipinski definition) is 6. The molecule has 4 nitrogen and oxygen atoms in total. The third kappa shape index (κ3) is 27.2. The monoisotopic (exact) mass is 544 g/mol. The van der Waals surface area contributed by atoms with Gasteiger partial charge in [0.05, 0.1) is 11.9 Å². The van der Waals surface area contributed by atoms with Crippen LogP contribution < -0.4 is 10.2 Å². The Hall–Kier alpha value is 1.21. The van der Waals surface area contributed by atoms with Gasteiger partial charge in [0.25, 0.3) is 0 Å². The Balaban J connectivity index is -0.000000411. The summed E-state index contributed by atoms with van der Waals surface area (Å²) in [6.45, 7) is 8.79. The van der Waals surface area contributed by atoms with Crippen molar-refractivity contribution in [1.29, 1.82) is 0 Å². The maximum atomic E-state index is 10.3. The Morgan fingerprint density at radius 1 is 0.630 bits per heavy atom. The normalized spacial score (nSPS) is 12.7. The van der Waals surface area contributed by atoms with Crippen LogP contribution in [0.25, 0.3) is 0 Å². The third-order valence-electron chi connectivity index (χ3n) is 4.06. The van der Waals surface area contributed by atoms with Crippen LogP contribution in [-0.2, 0) is 9.59 Å². The summed E-state index contributed by atoms with van der Waals surface area (Å²) in [7, 11) is 0. The molecule has 0 saturated carbocycles. The molecular formula is C20H38BaO4S2. The Labute approximate surface area is 217 Å². The fourth-order valence-corrected chi connectivity index (χ4v) is 2.73. The van der Waals surface area contributed by atoms with E-state index in [1.807, 2.05) is 0 Å². The Morgan fingerprint density at radius 2 is 0.889 bits per heavy atom. The van der Waals surface area contributed by atoms with Gasteiger partial charge < -0.3 is 19.8 Å². The summed E-state index contributed by atoms with van der Waals surface area (Å²) in [6, 6.07) is 0. The zero-order valence-corrected chi connectivity index (χ0v) is 23.8. The summed E-state index contributed by atoms with van der Waals surface area (Å²) >= 11 is 7.81. The molecule has 0 aromatic heterocycles. The van der Waals surface area contributed by atoms with Crippen LogP contribution in [0.15, 0.2) is 0 Å². The van der Waals surface area contributed by atoms with E-state index >= 15 is 0 Å². The maximum absolute atomic E-state index is 10.3. The van der Waals surface area contributed by atoms with Crippen LogP contribution >= 0.6 is 25.3 Å². The molecule has 0 aromatic rings. The van der Waals surface area contributed by atoms with Crippen LogP contribution in [-0.4, -0.2) is 71.3 Å². The summed E-state index contributed by atoms with van der Waals surface area (Å²) in [5, 5.41) is 19.4. The Bertz CT molecular complexity index is 332. The minimum absolute atomic E-state index is 0. The largest absolute Gasteiger partial charge is 2.00 e. The first kappa shape index (κ1) is 32.9. The van der Waals surface area contributed by atoms with Gasteiger partial charge in [-0.15, -0.1) is 0 Å². The van der Waals surface area contributed by atoms with Gasteiger partial charge in [-0.2, -0.15) is 25.3 Å². The SMILES string of the molecule is CC(C)CCCCCC(S)C(=O)[O-].CC(C)CCCCCC(S)C(=O)[O-].[Ba+2]. The molecule has 0 N–H and O–H groups in total.